The van der Waals surface area contributed by atoms with E-state index in [1.165, 1.54) is 20.1 Å². The van der Waals surface area contributed by atoms with Crippen molar-refractivity contribution >= 4 is 46.7 Å². The van der Waals surface area contributed by atoms with E-state index < -0.39 is 17.9 Å². The molecule has 0 radical (unpaired) electrons. The molecule has 0 aliphatic heterocycles. The number of nitrogens with one attached hydrogen (secondary N) is 2. The van der Waals surface area contributed by atoms with Crippen LogP contribution in [-0.4, -0.2) is 30.9 Å². The second-order valence-corrected chi connectivity index (χ2v) is 6.49. The zero-order valence-electron chi connectivity index (χ0n) is 14.7. The first-order chi connectivity index (χ1) is 12.8. The molecular formula is C19H18Cl2N2O4. The highest BCUT2D eigenvalue weighted by Crippen LogP contribution is 2.26. The van der Waals surface area contributed by atoms with E-state index in [0.717, 1.165) is 0 Å². The lowest BCUT2D eigenvalue weighted by Crippen LogP contribution is -2.43. The van der Waals surface area contributed by atoms with Gasteiger partial charge in [-0.25, -0.2) is 4.79 Å². The minimum atomic E-state index is -1.01. The summed E-state index contributed by atoms with van der Waals surface area (Å²) in [6, 6.07) is 10.4. The second kappa shape index (κ2) is 9.39. The Kier molecular flexibility index (Phi) is 7.21. The van der Waals surface area contributed by atoms with Crippen molar-refractivity contribution in [3.8, 4) is 0 Å². The summed E-state index contributed by atoms with van der Waals surface area (Å²) in [4.78, 5) is 36.2. The molecule has 1 atom stereocenters. The van der Waals surface area contributed by atoms with Gasteiger partial charge >= 0.3 is 5.97 Å². The summed E-state index contributed by atoms with van der Waals surface area (Å²) in [7, 11) is 1.22. The fraction of sp³-hybridized carbons (Fsp3) is 0.211. The molecule has 142 valence electrons. The second-order valence-electron chi connectivity index (χ2n) is 5.68. The molecule has 0 unspecified atom stereocenters. The molecule has 0 aliphatic carbocycles. The lowest BCUT2D eigenvalue weighted by atomic mass is 10.0. The minimum Gasteiger partial charge on any atom is -0.467 e. The lowest BCUT2D eigenvalue weighted by molar-refractivity contribution is -0.142. The molecule has 0 heterocycles. The molecule has 6 nitrogen and oxygen atoms in total. The summed E-state index contributed by atoms with van der Waals surface area (Å²) >= 11 is 12.3. The number of esters is 1. The number of halogens is 2. The molecule has 2 aromatic carbocycles. The van der Waals surface area contributed by atoms with Crippen LogP contribution in [0, 0.1) is 0 Å². The monoisotopic (exact) mass is 408 g/mol. The quantitative estimate of drug-likeness (QED) is 0.716. The summed E-state index contributed by atoms with van der Waals surface area (Å²) in [5.74, 6) is -1.50. The minimum absolute atomic E-state index is 0.0548. The molecular weight excluding hydrogens is 391 g/mol. The molecule has 0 saturated heterocycles. The normalized spacial score (nSPS) is 11.4. The summed E-state index contributed by atoms with van der Waals surface area (Å²) < 4.78 is 4.79. The molecule has 0 saturated carbocycles. The maximum Gasteiger partial charge on any atom is 0.328 e. The molecule has 0 aliphatic rings. The fourth-order valence-electron chi connectivity index (χ4n) is 2.48. The fourth-order valence-corrected chi connectivity index (χ4v) is 3.03. The molecule has 8 heteroatoms. The molecule has 0 bridgehead atoms. The van der Waals surface area contributed by atoms with Crippen LogP contribution in [0.5, 0.6) is 0 Å². The predicted octanol–water partition coefficient (Wildman–Crippen LogP) is 3.47. The number of hydrogen-bond donors (Lipinski definition) is 2. The van der Waals surface area contributed by atoms with Gasteiger partial charge in [-0.2, -0.15) is 0 Å². The van der Waals surface area contributed by atoms with Crippen molar-refractivity contribution in [2.45, 2.75) is 19.4 Å². The van der Waals surface area contributed by atoms with E-state index in [2.05, 4.69) is 10.6 Å². The van der Waals surface area contributed by atoms with Gasteiger partial charge in [0.25, 0.3) is 5.91 Å². The highest BCUT2D eigenvalue weighted by molar-refractivity contribution is 6.36. The van der Waals surface area contributed by atoms with Crippen LogP contribution in [0.15, 0.2) is 42.5 Å². The number of carbonyl (C=O) groups is 3. The van der Waals surface area contributed by atoms with Crippen LogP contribution in [0.2, 0.25) is 10.0 Å². The molecule has 0 spiro atoms. The van der Waals surface area contributed by atoms with Crippen LogP contribution < -0.4 is 10.6 Å². The Labute approximate surface area is 166 Å². The molecule has 2 rings (SSSR count). The van der Waals surface area contributed by atoms with Crippen molar-refractivity contribution < 1.29 is 19.1 Å². The van der Waals surface area contributed by atoms with Crippen molar-refractivity contribution in [1.29, 1.82) is 0 Å². The molecule has 2 N–H and O–H groups in total. The van der Waals surface area contributed by atoms with E-state index in [1.54, 1.807) is 36.4 Å². The largest absolute Gasteiger partial charge is 0.467 e. The number of para-hydroxylation sites is 1. The maximum atomic E-state index is 12.7. The number of anilines is 1. The van der Waals surface area contributed by atoms with Gasteiger partial charge in [-0.1, -0.05) is 41.4 Å². The SMILES string of the molecule is COC(=O)[C@H](Cc1c(Cl)cccc1Cl)NC(=O)c1ccccc1NC(C)=O. The van der Waals surface area contributed by atoms with Crippen LogP contribution in [0.3, 0.4) is 0 Å². The number of ether oxygens (including phenoxy) is 1. The Morgan fingerprint density at radius 2 is 1.67 bits per heavy atom. The highest BCUT2D eigenvalue weighted by atomic mass is 35.5. The van der Waals surface area contributed by atoms with Gasteiger partial charge in [0.15, 0.2) is 0 Å². The number of rotatable bonds is 6. The third-order valence-corrected chi connectivity index (χ3v) is 4.45. The smallest absolute Gasteiger partial charge is 0.328 e. The Morgan fingerprint density at radius 1 is 1.04 bits per heavy atom. The average molecular weight is 409 g/mol. The van der Waals surface area contributed by atoms with E-state index in [9.17, 15) is 14.4 Å². The molecule has 27 heavy (non-hydrogen) atoms. The summed E-state index contributed by atoms with van der Waals surface area (Å²) in [5.41, 5.74) is 1.07. The van der Waals surface area contributed by atoms with Crippen LogP contribution in [0.1, 0.15) is 22.8 Å². The van der Waals surface area contributed by atoms with Crippen molar-refractivity contribution in [3.05, 3.63) is 63.6 Å². The van der Waals surface area contributed by atoms with Gasteiger partial charge in [0.1, 0.15) is 6.04 Å². The van der Waals surface area contributed by atoms with E-state index in [0.29, 0.717) is 21.3 Å². The van der Waals surface area contributed by atoms with Crippen LogP contribution in [0.25, 0.3) is 0 Å². The van der Waals surface area contributed by atoms with Gasteiger partial charge in [0.2, 0.25) is 5.91 Å². The Balaban J connectivity index is 2.28. The van der Waals surface area contributed by atoms with Gasteiger partial charge in [-0.05, 0) is 29.8 Å². The third-order valence-electron chi connectivity index (χ3n) is 3.74. The highest BCUT2D eigenvalue weighted by Gasteiger charge is 2.25. The van der Waals surface area contributed by atoms with Gasteiger partial charge in [0, 0.05) is 23.4 Å². The zero-order chi connectivity index (χ0) is 20.0. The van der Waals surface area contributed by atoms with Crippen molar-refractivity contribution in [3.63, 3.8) is 0 Å². The van der Waals surface area contributed by atoms with Crippen molar-refractivity contribution in [2.75, 3.05) is 12.4 Å². The van der Waals surface area contributed by atoms with Gasteiger partial charge < -0.3 is 15.4 Å². The first-order valence-electron chi connectivity index (χ1n) is 8.01. The number of benzene rings is 2. The zero-order valence-corrected chi connectivity index (χ0v) is 16.2. The van der Waals surface area contributed by atoms with E-state index in [-0.39, 0.29) is 17.9 Å². The first kappa shape index (κ1) is 20.7. The average Bonchev–Trinajstić information content (AvgIpc) is 2.63. The van der Waals surface area contributed by atoms with Gasteiger partial charge in [0.05, 0.1) is 18.4 Å². The Bertz CT molecular complexity index is 850. The number of hydrogen-bond acceptors (Lipinski definition) is 4. The Morgan fingerprint density at radius 3 is 2.26 bits per heavy atom. The summed E-state index contributed by atoms with van der Waals surface area (Å²) in [5, 5.41) is 5.96. The van der Waals surface area contributed by atoms with E-state index in [4.69, 9.17) is 27.9 Å². The topological polar surface area (TPSA) is 84.5 Å². The van der Waals surface area contributed by atoms with Crippen molar-refractivity contribution in [1.82, 2.24) is 5.32 Å². The van der Waals surface area contributed by atoms with E-state index in [1.807, 2.05) is 0 Å². The standard InChI is InChI=1S/C19H18Cl2N2O4/c1-11(24)22-16-9-4-3-6-12(16)18(25)23-17(19(26)27-2)10-13-14(20)7-5-8-15(13)21/h3-9,17H,10H2,1-2H3,(H,22,24)(H,23,25)/t17-/m0/s1. The molecule has 0 fully saturated rings. The van der Waals surface area contributed by atoms with Crippen molar-refractivity contribution in [2.24, 2.45) is 0 Å². The molecule has 2 aromatic rings. The summed E-state index contributed by atoms with van der Waals surface area (Å²) in [6.45, 7) is 1.34. The van der Waals surface area contributed by atoms with E-state index >= 15 is 0 Å². The Hall–Kier alpha value is -2.57. The maximum absolute atomic E-state index is 12.7. The molecule has 0 aromatic heterocycles. The number of carbonyl (C=O) groups excluding carboxylic acids is 3. The first-order valence-corrected chi connectivity index (χ1v) is 8.77. The third kappa shape index (κ3) is 5.45. The molecule has 2 amide bonds. The van der Waals surface area contributed by atoms with Gasteiger partial charge in [-0.3, -0.25) is 9.59 Å². The number of amides is 2. The summed E-state index contributed by atoms with van der Waals surface area (Å²) in [6.07, 6.45) is 0.0548. The van der Waals surface area contributed by atoms with Crippen LogP contribution in [-0.2, 0) is 20.7 Å². The van der Waals surface area contributed by atoms with Crippen LogP contribution >= 0.6 is 23.2 Å². The number of methoxy groups -OCH3 is 1. The van der Waals surface area contributed by atoms with Crippen LogP contribution in [0.4, 0.5) is 5.69 Å². The predicted molar refractivity (Wildman–Crippen MR) is 104 cm³/mol. The van der Waals surface area contributed by atoms with Gasteiger partial charge in [-0.15, -0.1) is 0 Å². The lowest BCUT2D eigenvalue weighted by Gasteiger charge is -2.19.